The van der Waals surface area contributed by atoms with Gasteiger partial charge >= 0.3 is 0 Å². The Morgan fingerprint density at radius 2 is 1.79 bits per heavy atom. The van der Waals surface area contributed by atoms with E-state index in [1.807, 2.05) is 0 Å². The fourth-order valence-electron chi connectivity index (χ4n) is 3.67. The van der Waals surface area contributed by atoms with Gasteiger partial charge in [-0.15, -0.1) is 0 Å². The number of hydrogen-bond donors (Lipinski definition) is 0. The third-order valence-corrected chi connectivity index (χ3v) is 4.19. The Bertz CT molecular complexity index is 268. The zero-order valence-electron chi connectivity index (χ0n) is 9.60. The maximum Gasteiger partial charge on any atom is -0.0268 e. The second-order valence-electron chi connectivity index (χ2n) is 5.98. The highest BCUT2D eigenvalue weighted by Crippen LogP contribution is 2.52. The maximum atomic E-state index is 4.20. The molecule has 0 spiro atoms. The molecule has 2 fully saturated rings. The van der Waals surface area contributed by atoms with Crippen LogP contribution in [0.15, 0.2) is 24.3 Å². The minimum atomic E-state index is 0.487. The van der Waals surface area contributed by atoms with Gasteiger partial charge in [0.15, 0.2) is 0 Å². The molecule has 2 rings (SSSR count). The standard InChI is InChI=1S/C14H22/c1-10-5-6-13-12(7-10)8-11(2)9-14(13,3)4/h12-13H,1-2,5-9H2,3-4H3. The van der Waals surface area contributed by atoms with E-state index < -0.39 is 0 Å². The molecule has 14 heavy (non-hydrogen) atoms. The van der Waals surface area contributed by atoms with E-state index in [9.17, 15) is 0 Å². The zero-order chi connectivity index (χ0) is 10.3. The van der Waals surface area contributed by atoms with Crippen molar-refractivity contribution < 1.29 is 0 Å². The van der Waals surface area contributed by atoms with Crippen molar-refractivity contribution in [2.75, 3.05) is 0 Å². The Morgan fingerprint density at radius 1 is 1.14 bits per heavy atom. The fraction of sp³-hybridized carbons (Fsp3) is 0.714. The van der Waals surface area contributed by atoms with Gasteiger partial charge in [0, 0.05) is 0 Å². The van der Waals surface area contributed by atoms with Crippen molar-refractivity contribution in [3.8, 4) is 0 Å². The molecular formula is C14H22. The topological polar surface area (TPSA) is 0 Å². The summed E-state index contributed by atoms with van der Waals surface area (Å²) in [5.41, 5.74) is 3.42. The van der Waals surface area contributed by atoms with E-state index >= 15 is 0 Å². The second-order valence-corrected chi connectivity index (χ2v) is 5.98. The average Bonchev–Trinajstić information content (AvgIpc) is 2.00. The van der Waals surface area contributed by atoms with Crippen molar-refractivity contribution in [1.82, 2.24) is 0 Å². The molecule has 0 amide bonds. The SMILES string of the molecule is C=C1CCC2C(C1)CC(=C)CC2(C)C. The molecule has 2 saturated carbocycles. The molecule has 2 aliphatic rings. The summed E-state index contributed by atoms with van der Waals surface area (Å²) in [5, 5.41) is 0. The third-order valence-electron chi connectivity index (χ3n) is 4.19. The second kappa shape index (κ2) is 3.25. The highest BCUT2D eigenvalue weighted by Gasteiger charge is 2.41. The largest absolute Gasteiger partial charge is 0.0999 e. The Labute approximate surface area is 88.1 Å². The van der Waals surface area contributed by atoms with Gasteiger partial charge in [-0.3, -0.25) is 0 Å². The molecule has 0 aromatic carbocycles. The van der Waals surface area contributed by atoms with Gasteiger partial charge in [0.2, 0.25) is 0 Å². The molecule has 0 aromatic rings. The predicted octanol–water partition coefficient (Wildman–Crippen LogP) is 4.34. The van der Waals surface area contributed by atoms with Gasteiger partial charge in [-0.05, 0) is 49.4 Å². The Morgan fingerprint density at radius 3 is 2.50 bits per heavy atom. The van der Waals surface area contributed by atoms with E-state index in [1.165, 1.54) is 43.3 Å². The van der Waals surface area contributed by atoms with Crippen LogP contribution in [0.25, 0.3) is 0 Å². The van der Waals surface area contributed by atoms with Crippen LogP contribution in [0.2, 0.25) is 0 Å². The van der Waals surface area contributed by atoms with Gasteiger partial charge in [-0.25, -0.2) is 0 Å². The van der Waals surface area contributed by atoms with E-state index in [2.05, 4.69) is 27.0 Å². The number of fused-ring (bicyclic) bond motifs is 1. The lowest BCUT2D eigenvalue weighted by Gasteiger charge is -2.48. The van der Waals surface area contributed by atoms with Crippen molar-refractivity contribution in [2.45, 2.75) is 46.0 Å². The highest BCUT2D eigenvalue weighted by atomic mass is 14.5. The van der Waals surface area contributed by atoms with Gasteiger partial charge in [0.05, 0.1) is 0 Å². The molecule has 0 heteroatoms. The molecule has 0 saturated heterocycles. The molecule has 2 unspecified atom stereocenters. The van der Waals surface area contributed by atoms with E-state index in [4.69, 9.17) is 0 Å². The van der Waals surface area contributed by atoms with Crippen LogP contribution >= 0.6 is 0 Å². The first-order valence-electron chi connectivity index (χ1n) is 5.82. The van der Waals surface area contributed by atoms with Gasteiger partial charge < -0.3 is 0 Å². The lowest BCUT2D eigenvalue weighted by Crippen LogP contribution is -2.38. The van der Waals surface area contributed by atoms with Gasteiger partial charge in [0.25, 0.3) is 0 Å². The minimum Gasteiger partial charge on any atom is -0.0999 e. The van der Waals surface area contributed by atoms with Gasteiger partial charge in [-0.1, -0.05) is 38.2 Å². The average molecular weight is 190 g/mol. The fourth-order valence-corrected chi connectivity index (χ4v) is 3.67. The molecule has 0 nitrogen and oxygen atoms in total. The Kier molecular flexibility index (Phi) is 2.33. The molecule has 78 valence electrons. The highest BCUT2D eigenvalue weighted by molar-refractivity contribution is 5.13. The van der Waals surface area contributed by atoms with E-state index in [1.54, 1.807) is 0 Å². The van der Waals surface area contributed by atoms with Crippen molar-refractivity contribution in [3.63, 3.8) is 0 Å². The van der Waals surface area contributed by atoms with Crippen LogP contribution < -0.4 is 0 Å². The number of allylic oxidation sites excluding steroid dienone is 2. The van der Waals surface area contributed by atoms with Crippen molar-refractivity contribution in [3.05, 3.63) is 24.3 Å². The van der Waals surface area contributed by atoms with Gasteiger partial charge in [0.1, 0.15) is 0 Å². The summed E-state index contributed by atoms with van der Waals surface area (Å²) in [6.45, 7) is 13.2. The smallest absolute Gasteiger partial charge is 0.0268 e. The van der Waals surface area contributed by atoms with E-state index in [0.717, 1.165) is 11.8 Å². The summed E-state index contributed by atoms with van der Waals surface area (Å²) in [4.78, 5) is 0. The summed E-state index contributed by atoms with van der Waals surface area (Å²) >= 11 is 0. The summed E-state index contributed by atoms with van der Waals surface area (Å²) in [7, 11) is 0. The number of hydrogen-bond acceptors (Lipinski definition) is 0. The molecule has 0 N–H and O–H groups in total. The van der Waals surface area contributed by atoms with E-state index in [0.29, 0.717) is 5.41 Å². The van der Waals surface area contributed by atoms with Crippen LogP contribution in [0.4, 0.5) is 0 Å². The normalized spacial score (nSPS) is 36.7. The van der Waals surface area contributed by atoms with Crippen LogP contribution in [-0.2, 0) is 0 Å². The van der Waals surface area contributed by atoms with Crippen molar-refractivity contribution in [1.29, 1.82) is 0 Å². The zero-order valence-corrected chi connectivity index (χ0v) is 9.60. The molecular weight excluding hydrogens is 168 g/mol. The summed E-state index contributed by atoms with van der Waals surface area (Å²) < 4.78 is 0. The van der Waals surface area contributed by atoms with E-state index in [-0.39, 0.29) is 0 Å². The molecule has 2 aliphatic carbocycles. The molecule has 0 bridgehead atoms. The van der Waals surface area contributed by atoms with Crippen LogP contribution in [0.3, 0.4) is 0 Å². The summed E-state index contributed by atoms with van der Waals surface area (Å²) in [6, 6.07) is 0. The molecule has 0 aromatic heterocycles. The van der Waals surface area contributed by atoms with Crippen molar-refractivity contribution >= 4 is 0 Å². The molecule has 2 atom stereocenters. The third kappa shape index (κ3) is 1.67. The van der Waals surface area contributed by atoms with Crippen LogP contribution in [0, 0.1) is 17.3 Å². The quantitative estimate of drug-likeness (QED) is 0.499. The number of rotatable bonds is 0. The predicted molar refractivity (Wildman–Crippen MR) is 62.1 cm³/mol. The Balaban J connectivity index is 2.19. The van der Waals surface area contributed by atoms with Crippen LogP contribution in [-0.4, -0.2) is 0 Å². The molecule has 0 heterocycles. The summed E-state index contributed by atoms with van der Waals surface area (Å²) in [5.74, 6) is 1.77. The molecule has 0 aliphatic heterocycles. The van der Waals surface area contributed by atoms with Crippen molar-refractivity contribution in [2.24, 2.45) is 17.3 Å². The minimum absolute atomic E-state index is 0.487. The lowest BCUT2D eigenvalue weighted by molar-refractivity contribution is 0.0823. The summed E-state index contributed by atoms with van der Waals surface area (Å²) in [6.07, 6.45) is 6.38. The maximum absolute atomic E-state index is 4.20. The lowest BCUT2D eigenvalue weighted by atomic mass is 9.57. The van der Waals surface area contributed by atoms with Crippen LogP contribution in [0.5, 0.6) is 0 Å². The van der Waals surface area contributed by atoms with Gasteiger partial charge in [-0.2, -0.15) is 0 Å². The Hall–Kier alpha value is -0.520. The first-order valence-corrected chi connectivity index (χ1v) is 5.82. The first kappa shape index (κ1) is 10.0. The monoisotopic (exact) mass is 190 g/mol. The van der Waals surface area contributed by atoms with Crippen LogP contribution in [0.1, 0.15) is 46.0 Å². The molecule has 0 radical (unpaired) electrons. The first-order chi connectivity index (χ1) is 6.49.